The fraction of sp³-hybridized carbons (Fsp3) is 0.857. The highest BCUT2D eigenvalue weighted by atomic mass is 35.6. The molecule has 0 aliphatic rings. The molecule has 72 valence electrons. The van der Waals surface area contributed by atoms with Crippen LogP contribution in [0, 0.1) is 5.41 Å². The Kier molecular flexibility index (Phi) is 4.15. The largest absolute Gasteiger partial charge is 0.469 e. The first-order valence-corrected chi connectivity index (χ1v) is 4.47. The molecule has 0 bridgehead atoms. The van der Waals surface area contributed by atoms with Gasteiger partial charge < -0.3 is 4.74 Å². The van der Waals surface area contributed by atoms with Crippen LogP contribution >= 0.6 is 34.8 Å². The zero-order chi connectivity index (χ0) is 9.99. The van der Waals surface area contributed by atoms with Gasteiger partial charge in [0.15, 0.2) is 3.79 Å². The average molecular weight is 234 g/mol. The van der Waals surface area contributed by atoms with Crippen molar-refractivity contribution < 1.29 is 9.53 Å². The second-order valence-electron chi connectivity index (χ2n) is 3.13. The number of carbonyl (C=O) groups excluding carboxylic acids is 1. The topological polar surface area (TPSA) is 26.3 Å². The van der Waals surface area contributed by atoms with Crippen LogP contribution in [0.3, 0.4) is 0 Å². The summed E-state index contributed by atoms with van der Waals surface area (Å²) in [6.45, 7) is 3.38. The van der Waals surface area contributed by atoms with Crippen LogP contribution in [-0.4, -0.2) is 16.9 Å². The van der Waals surface area contributed by atoms with E-state index in [4.69, 9.17) is 34.8 Å². The molecule has 0 rings (SSSR count). The van der Waals surface area contributed by atoms with Gasteiger partial charge in [-0.1, -0.05) is 48.7 Å². The van der Waals surface area contributed by atoms with Crippen molar-refractivity contribution in [3.05, 3.63) is 0 Å². The summed E-state index contributed by atoms with van der Waals surface area (Å²) >= 11 is 16.9. The van der Waals surface area contributed by atoms with Crippen molar-refractivity contribution in [3.8, 4) is 0 Å². The molecule has 0 saturated heterocycles. The maximum atomic E-state index is 10.9. The molecular weight excluding hydrogens is 222 g/mol. The van der Waals surface area contributed by atoms with E-state index >= 15 is 0 Å². The minimum Gasteiger partial charge on any atom is -0.469 e. The Morgan fingerprint density at radius 2 is 1.75 bits per heavy atom. The van der Waals surface area contributed by atoms with Crippen LogP contribution in [0.15, 0.2) is 0 Å². The van der Waals surface area contributed by atoms with Crippen LogP contribution in [0.4, 0.5) is 0 Å². The summed E-state index contributed by atoms with van der Waals surface area (Å²) in [6, 6.07) is 0. The lowest BCUT2D eigenvalue weighted by molar-refractivity contribution is -0.142. The number of rotatable bonds is 2. The van der Waals surface area contributed by atoms with Gasteiger partial charge in [0.1, 0.15) is 0 Å². The molecule has 2 nitrogen and oxygen atoms in total. The molecule has 0 spiro atoms. The highest BCUT2D eigenvalue weighted by Crippen LogP contribution is 2.46. The van der Waals surface area contributed by atoms with Crippen LogP contribution in [-0.2, 0) is 9.53 Å². The molecule has 0 fully saturated rings. The van der Waals surface area contributed by atoms with Crippen LogP contribution in [0.2, 0.25) is 0 Å². The van der Waals surface area contributed by atoms with Crippen LogP contribution in [0.5, 0.6) is 0 Å². The maximum absolute atomic E-state index is 10.9. The highest BCUT2D eigenvalue weighted by molar-refractivity contribution is 6.68. The number of carbonyl (C=O) groups is 1. The molecule has 0 atom stereocenters. The smallest absolute Gasteiger partial charge is 0.306 e. The molecule has 0 aromatic carbocycles. The third-order valence-electron chi connectivity index (χ3n) is 1.58. The Morgan fingerprint density at radius 3 is 2.00 bits per heavy atom. The molecule has 5 heteroatoms. The van der Waals surface area contributed by atoms with Crippen molar-refractivity contribution >= 4 is 40.8 Å². The van der Waals surface area contributed by atoms with E-state index in [0.717, 1.165) is 0 Å². The molecular formula is C7H11Cl3O2. The van der Waals surface area contributed by atoms with Crippen molar-refractivity contribution in [1.29, 1.82) is 0 Å². The molecule has 0 aromatic heterocycles. The van der Waals surface area contributed by atoms with Crippen molar-refractivity contribution in [3.63, 3.8) is 0 Å². The van der Waals surface area contributed by atoms with E-state index in [1.165, 1.54) is 7.11 Å². The summed E-state index contributed by atoms with van der Waals surface area (Å²) < 4.78 is 3.01. The minimum atomic E-state index is -1.46. The summed E-state index contributed by atoms with van der Waals surface area (Å²) in [5, 5.41) is 0. The Bertz CT molecular complexity index is 172. The van der Waals surface area contributed by atoms with Gasteiger partial charge in [-0.2, -0.15) is 0 Å². The van der Waals surface area contributed by atoms with E-state index in [9.17, 15) is 4.79 Å². The predicted octanol–water partition coefficient (Wildman–Crippen LogP) is 2.95. The Hall–Kier alpha value is 0.340. The standard InChI is InChI=1S/C7H11Cl3O2/c1-6(2,7(8,9)10)4-5(11)12-3/h4H2,1-3H3. The number of hydrogen-bond donors (Lipinski definition) is 0. The Labute approximate surface area is 87.1 Å². The third kappa shape index (κ3) is 3.38. The summed E-state index contributed by atoms with van der Waals surface area (Å²) in [6.07, 6.45) is 0.0833. The number of methoxy groups -OCH3 is 1. The Morgan fingerprint density at radius 1 is 1.33 bits per heavy atom. The zero-order valence-electron chi connectivity index (χ0n) is 7.16. The van der Waals surface area contributed by atoms with E-state index < -0.39 is 9.21 Å². The number of ether oxygens (including phenoxy) is 1. The van der Waals surface area contributed by atoms with Gasteiger partial charge in [0, 0.05) is 5.41 Å². The van der Waals surface area contributed by atoms with E-state index in [-0.39, 0.29) is 12.4 Å². The number of hydrogen-bond acceptors (Lipinski definition) is 2. The summed E-state index contributed by atoms with van der Waals surface area (Å²) in [7, 11) is 1.30. The second kappa shape index (κ2) is 4.03. The van der Waals surface area contributed by atoms with Gasteiger partial charge in [-0.25, -0.2) is 0 Å². The van der Waals surface area contributed by atoms with Gasteiger partial charge in [0.05, 0.1) is 13.5 Å². The van der Waals surface area contributed by atoms with E-state index in [1.807, 2.05) is 0 Å². The number of alkyl halides is 3. The normalized spacial score (nSPS) is 12.8. The summed E-state index contributed by atoms with van der Waals surface area (Å²) in [5.41, 5.74) is -0.717. The quantitative estimate of drug-likeness (QED) is 0.541. The molecule has 0 N–H and O–H groups in total. The predicted molar refractivity (Wildman–Crippen MR) is 50.7 cm³/mol. The van der Waals surface area contributed by atoms with Crippen LogP contribution < -0.4 is 0 Å². The maximum Gasteiger partial charge on any atom is 0.306 e. The zero-order valence-corrected chi connectivity index (χ0v) is 9.43. The molecule has 0 aliphatic heterocycles. The molecule has 0 aliphatic carbocycles. The summed E-state index contributed by atoms with van der Waals surface area (Å²) in [5.74, 6) is -0.383. The molecule has 0 unspecified atom stereocenters. The van der Waals surface area contributed by atoms with Crippen molar-refractivity contribution in [2.45, 2.75) is 24.1 Å². The first-order chi connectivity index (χ1) is 5.20. The second-order valence-corrected chi connectivity index (χ2v) is 5.42. The van der Waals surface area contributed by atoms with Gasteiger partial charge in [-0.05, 0) is 0 Å². The lowest BCUT2D eigenvalue weighted by atomic mass is 9.91. The first kappa shape index (κ1) is 12.3. The van der Waals surface area contributed by atoms with Gasteiger partial charge in [-0.3, -0.25) is 4.79 Å². The van der Waals surface area contributed by atoms with Crippen LogP contribution in [0.25, 0.3) is 0 Å². The molecule has 0 saturated carbocycles. The average Bonchev–Trinajstić information content (AvgIpc) is 1.84. The van der Waals surface area contributed by atoms with Crippen molar-refractivity contribution in [1.82, 2.24) is 0 Å². The SMILES string of the molecule is COC(=O)CC(C)(C)C(Cl)(Cl)Cl. The monoisotopic (exact) mass is 232 g/mol. The van der Waals surface area contributed by atoms with Gasteiger partial charge in [0.2, 0.25) is 0 Å². The van der Waals surface area contributed by atoms with Gasteiger partial charge in [-0.15, -0.1) is 0 Å². The lowest BCUT2D eigenvalue weighted by Crippen LogP contribution is -2.31. The molecule has 12 heavy (non-hydrogen) atoms. The van der Waals surface area contributed by atoms with E-state index in [1.54, 1.807) is 13.8 Å². The minimum absolute atomic E-state index is 0.0833. The van der Waals surface area contributed by atoms with Crippen molar-refractivity contribution in [2.24, 2.45) is 5.41 Å². The molecule has 0 amide bonds. The lowest BCUT2D eigenvalue weighted by Gasteiger charge is -2.30. The molecule has 0 heterocycles. The third-order valence-corrected chi connectivity index (χ3v) is 3.12. The Balaban J connectivity index is 4.33. The van der Waals surface area contributed by atoms with Crippen LogP contribution in [0.1, 0.15) is 20.3 Å². The van der Waals surface area contributed by atoms with E-state index in [2.05, 4.69) is 4.74 Å². The van der Waals surface area contributed by atoms with E-state index in [0.29, 0.717) is 0 Å². The first-order valence-electron chi connectivity index (χ1n) is 3.34. The highest BCUT2D eigenvalue weighted by Gasteiger charge is 2.42. The fourth-order valence-corrected chi connectivity index (χ4v) is 0.734. The fourth-order valence-electron chi connectivity index (χ4n) is 0.533. The number of esters is 1. The number of halogens is 3. The van der Waals surface area contributed by atoms with Gasteiger partial charge >= 0.3 is 5.97 Å². The summed E-state index contributed by atoms with van der Waals surface area (Å²) in [4.78, 5) is 10.9. The van der Waals surface area contributed by atoms with Gasteiger partial charge in [0.25, 0.3) is 0 Å². The molecule has 0 radical (unpaired) electrons. The van der Waals surface area contributed by atoms with Crippen molar-refractivity contribution in [2.75, 3.05) is 7.11 Å². The molecule has 0 aromatic rings.